The summed E-state index contributed by atoms with van der Waals surface area (Å²) in [6, 6.07) is 20.3. The largest absolute Gasteiger partial charge is 0.497 e. The quantitative estimate of drug-likeness (QED) is 0.346. The number of carbonyl (C=O) groups excluding carboxylic acids is 1. The summed E-state index contributed by atoms with van der Waals surface area (Å²) < 4.78 is 7.53. The van der Waals surface area contributed by atoms with Gasteiger partial charge in [-0.3, -0.25) is 9.69 Å². The molecule has 1 saturated carbocycles. The number of hydrogen-bond donors (Lipinski definition) is 0. The summed E-state index contributed by atoms with van der Waals surface area (Å²) in [5, 5.41) is 0.792. The lowest BCUT2D eigenvalue weighted by atomic mass is 9.85. The first-order valence-corrected chi connectivity index (χ1v) is 13.5. The first-order valence-electron chi connectivity index (χ1n) is 12.7. The molecule has 2 fully saturated rings. The van der Waals surface area contributed by atoms with Gasteiger partial charge in [0, 0.05) is 23.1 Å². The number of thioether (sulfide) groups is 1. The highest BCUT2D eigenvalue weighted by Gasteiger charge is 2.41. The maximum Gasteiger partial charge on any atom is 0.267 e. The monoisotopic (exact) mass is 499 g/mol. The van der Waals surface area contributed by atoms with E-state index in [-0.39, 0.29) is 11.9 Å². The van der Waals surface area contributed by atoms with Crippen molar-refractivity contribution in [2.24, 2.45) is 10.9 Å². The van der Waals surface area contributed by atoms with Crippen LogP contribution in [0.5, 0.6) is 5.75 Å². The van der Waals surface area contributed by atoms with Crippen molar-refractivity contribution < 1.29 is 9.53 Å². The molecule has 2 aliphatic rings. The third-order valence-electron chi connectivity index (χ3n) is 7.30. The van der Waals surface area contributed by atoms with Crippen molar-refractivity contribution in [1.82, 2.24) is 9.47 Å². The van der Waals surface area contributed by atoms with Gasteiger partial charge in [0.2, 0.25) is 0 Å². The minimum Gasteiger partial charge on any atom is -0.497 e. The Bertz CT molecular complexity index is 1310. The van der Waals surface area contributed by atoms with E-state index in [9.17, 15) is 4.79 Å². The Morgan fingerprint density at radius 3 is 2.44 bits per heavy atom. The maximum atomic E-state index is 13.8. The standard InChI is InChI=1S/C30H33N3O2S/c1-20-10-8-9-13-27(20)33-29(34)28(36-30(33)31-24-11-6-5-7-12-24)19-23-18-21(2)32(22(23)3)25-14-16-26(35-4)17-15-25/h5-7,11-12,14-20,27H,8-10,13H2,1-4H3/b28-19-,31-30?/t20-,27-/m1/s1. The predicted octanol–water partition coefficient (Wildman–Crippen LogP) is 7.29. The lowest BCUT2D eigenvalue weighted by molar-refractivity contribution is -0.124. The molecule has 5 rings (SSSR count). The molecule has 1 aliphatic carbocycles. The first kappa shape index (κ1) is 24.4. The van der Waals surface area contributed by atoms with Crippen LogP contribution in [0.25, 0.3) is 11.8 Å². The van der Waals surface area contributed by atoms with Crippen molar-refractivity contribution in [3.8, 4) is 11.4 Å². The summed E-state index contributed by atoms with van der Waals surface area (Å²) in [5.74, 6) is 1.37. The molecule has 3 aromatic rings. The lowest BCUT2D eigenvalue weighted by Crippen LogP contribution is -2.44. The summed E-state index contributed by atoms with van der Waals surface area (Å²) in [5.41, 5.74) is 5.22. The van der Waals surface area contributed by atoms with Gasteiger partial charge in [-0.25, -0.2) is 4.99 Å². The molecule has 6 heteroatoms. The average molecular weight is 500 g/mol. The molecule has 0 radical (unpaired) electrons. The first-order chi connectivity index (χ1) is 17.5. The molecule has 2 atom stereocenters. The number of ether oxygens (including phenoxy) is 1. The Hall–Kier alpha value is -3.25. The van der Waals surface area contributed by atoms with E-state index < -0.39 is 0 Å². The maximum absolute atomic E-state index is 13.8. The molecule has 0 unspecified atom stereocenters. The highest BCUT2D eigenvalue weighted by Crippen LogP contribution is 2.40. The summed E-state index contributed by atoms with van der Waals surface area (Å²) in [6.45, 7) is 6.47. The van der Waals surface area contributed by atoms with E-state index in [2.05, 4.69) is 43.5 Å². The number of aliphatic imine (C=N–C) groups is 1. The minimum absolute atomic E-state index is 0.0719. The smallest absolute Gasteiger partial charge is 0.267 e. The van der Waals surface area contributed by atoms with Gasteiger partial charge in [0.05, 0.1) is 17.7 Å². The SMILES string of the molecule is COc1ccc(-n2c(C)cc(/C=C3\SC(=Nc4ccccc4)N([C@@H]4CCCC[C@H]4C)C3=O)c2C)cc1. The molecule has 2 heterocycles. The van der Waals surface area contributed by atoms with Gasteiger partial charge < -0.3 is 9.30 Å². The van der Waals surface area contributed by atoms with Gasteiger partial charge in [0.15, 0.2) is 5.17 Å². The van der Waals surface area contributed by atoms with Crippen LogP contribution in [0.3, 0.4) is 0 Å². The normalized spacial score (nSPS) is 22.6. The van der Waals surface area contributed by atoms with E-state index in [4.69, 9.17) is 9.73 Å². The third kappa shape index (κ3) is 4.74. The van der Waals surface area contributed by atoms with Crippen molar-refractivity contribution >= 4 is 34.6 Å². The molecule has 1 amide bonds. The number of rotatable bonds is 5. The van der Waals surface area contributed by atoms with Crippen molar-refractivity contribution in [2.45, 2.75) is 52.5 Å². The number of carbonyl (C=O) groups is 1. The van der Waals surface area contributed by atoms with Gasteiger partial charge in [0.1, 0.15) is 5.75 Å². The van der Waals surface area contributed by atoms with Gasteiger partial charge in [-0.2, -0.15) is 0 Å². The topological polar surface area (TPSA) is 46.8 Å². The molecule has 36 heavy (non-hydrogen) atoms. The van der Waals surface area contributed by atoms with Gasteiger partial charge in [-0.1, -0.05) is 38.0 Å². The van der Waals surface area contributed by atoms with Crippen LogP contribution >= 0.6 is 11.8 Å². The van der Waals surface area contributed by atoms with Crippen molar-refractivity contribution in [3.05, 3.63) is 82.5 Å². The fourth-order valence-electron chi connectivity index (χ4n) is 5.35. The average Bonchev–Trinajstić information content (AvgIpc) is 3.34. The number of nitrogens with zero attached hydrogens (tertiary/aromatic N) is 3. The van der Waals surface area contributed by atoms with E-state index in [1.54, 1.807) is 7.11 Å². The number of amidine groups is 1. The van der Waals surface area contributed by atoms with Crippen LogP contribution in [0.1, 0.15) is 49.6 Å². The lowest BCUT2D eigenvalue weighted by Gasteiger charge is -2.35. The molecule has 1 aromatic heterocycles. The second-order valence-electron chi connectivity index (χ2n) is 9.70. The van der Waals surface area contributed by atoms with Gasteiger partial charge in [-0.05, 0) is 98.5 Å². The summed E-state index contributed by atoms with van der Waals surface area (Å²) >= 11 is 1.50. The van der Waals surface area contributed by atoms with Crippen molar-refractivity contribution in [2.75, 3.05) is 7.11 Å². The van der Waals surface area contributed by atoms with Crippen LogP contribution in [0, 0.1) is 19.8 Å². The highest BCUT2D eigenvalue weighted by molar-refractivity contribution is 8.18. The molecule has 1 saturated heterocycles. The number of hydrogen-bond acceptors (Lipinski definition) is 4. The molecule has 0 bridgehead atoms. The van der Waals surface area contributed by atoms with Crippen molar-refractivity contribution in [3.63, 3.8) is 0 Å². The van der Waals surface area contributed by atoms with Crippen LogP contribution in [-0.2, 0) is 4.79 Å². The Kier molecular flexibility index (Phi) is 7.06. The zero-order valence-electron chi connectivity index (χ0n) is 21.4. The fraction of sp³-hybridized carbons (Fsp3) is 0.333. The number of aromatic nitrogens is 1. The molecule has 186 valence electrons. The van der Waals surface area contributed by atoms with E-state index in [1.807, 2.05) is 53.4 Å². The number of aryl methyl sites for hydroxylation is 1. The summed E-state index contributed by atoms with van der Waals surface area (Å²) in [4.78, 5) is 21.5. The van der Waals surface area contributed by atoms with Gasteiger partial charge in [0.25, 0.3) is 5.91 Å². The predicted molar refractivity (Wildman–Crippen MR) is 149 cm³/mol. The van der Waals surface area contributed by atoms with Crippen molar-refractivity contribution in [1.29, 1.82) is 0 Å². The molecule has 1 aliphatic heterocycles. The minimum atomic E-state index is 0.0719. The zero-order chi connectivity index (χ0) is 25.2. The Balaban J connectivity index is 1.52. The molecule has 0 spiro atoms. The summed E-state index contributed by atoms with van der Waals surface area (Å²) in [7, 11) is 1.68. The van der Waals surface area contributed by atoms with E-state index in [0.29, 0.717) is 5.92 Å². The Labute approximate surface area is 217 Å². The molecular formula is C30H33N3O2S. The Morgan fingerprint density at radius 2 is 1.75 bits per heavy atom. The highest BCUT2D eigenvalue weighted by atomic mass is 32.2. The van der Waals surface area contributed by atoms with E-state index in [1.165, 1.54) is 18.2 Å². The molecule has 0 N–H and O–H groups in total. The van der Waals surface area contributed by atoms with Crippen LogP contribution in [0.4, 0.5) is 5.69 Å². The van der Waals surface area contributed by atoms with Crippen LogP contribution in [-0.4, -0.2) is 33.7 Å². The number of benzene rings is 2. The third-order valence-corrected chi connectivity index (χ3v) is 8.29. The number of amides is 1. The van der Waals surface area contributed by atoms with Crippen LogP contribution in [0.2, 0.25) is 0 Å². The van der Waals surface area contributed by atoms with Gasteiger partial charge >= 0.3 is 0 Å². The van der Waals surface area contributed by atoms with E-state index >= 15 is 0 Å². The summed E-state index contributed by atoms with van der Waals surface area (Å²) in [6.07, 6.45) is 6.62. The molecule has 5 nitrogen and oxygen atoms in total. The molecular weight excluding hydrogens is 466 g/mol. The van der Waals surface area contributed by atoms with Gasteiger partial charge in [-0.15, -0.1) is 0 Å². The van der Waals surface area contributed by atoms with E-state index in [0.717, 1.165) is 63.4 Å². The number of para-hydroxylation sites is 1. The van der Waals surface area contributed by atoms with Crippen LogP contribution in [0.15, 0.2) is 70.6 Å². The number of methoxy groups -OCH3 is 1. The second-order valence-corrected chi connectivity index (χ2v) is 10.7. The zero-order valence-corrected chi connectivity index (χ0v) is 22.2. The Morgan fingerprint density at radius 1 is 1.03 bits per heavy atom. The molecule has 2 aromatic carbocycles. The van der Waals surface area contributed by atoms with Crippen LogP contribution < -0.4 is 4.74 Å². The fourth-order valence-corrected chi connectivity index (χ4v) is 6.39. The second kappa shape index (κ2) is 10.4.